The molecule has 4 aliphatic rings. The monoisotopic (exact) mass is 398 g/mol. The number of hydrogen-bond acceptors (Lipinski definition) is 0. The van der Waals surface area contributed by atoms with E-state index in [1.165, 1.54) is 42.3 Å². The summed E-state index contributed by atoms with van der Waals surface area (Å²) in [7, 11) is 0. The van der Waals surface area contributed by atoms with Gasteiger partial charge in [0.1, 0.15) is 0 Å². The molecule has 0 aliphatic heterocycles. The Labute approximate surface area is 172 Å². The van der Waals surface area contributed by atoms with Crippen LogP contribution in [0.1, 0.15) is 52.4 Å². The maximum absolute atomic E-state index is 2.37. The van der Waals surface area contributed by atoms with Crippen LogP contribution in [-0.2, 0) is 20.0 Å². The van der Waals surface area contributed by atoms with Gasteiger partial charge < -0.3 is 24.8 Å². The molecule has 4 aliphatic carbocycles. The van der Waals surface area contributed by atoms with Gasteiger partial charge in [0, 0.05) is 0 Å². The second-order valence-corrected chi connectivity index (χ2v) is 8.18. The van der Waals surface area contributed by atoms with Crippen molar-refractivity contribution in [2.24, 2.45) is 11.8 Å². The molecule has 4 rings (SSSR count). The first kappa shape index (κ1) is 23.9. The molecule has 0 heterocycles. The summed E-state index contributed by atoms with van der Waals surface area (Å²) in [6, 6.07) is 0. The predicted octanol–water partition coefficient (Wildman–Crippen LogP) is -0.273. The van der Waals surface area contributed by atoms with E-state index in [4.69, 9.17) is 0 Å². The minimum absolute atomic E-state index is 0. The minimum atomic E-state index is 0. The van der Waals surface area contributed by atoms with Crippen molar-refractivity contribution >= 4 is 3.81 Å². The van der Waals surface area contributed by atoms with E-state index in [9.17, 15) is 0 Å². The zero-order valence-electron chi connectivity index (χ0n) is 14.8. The van der Waals surface area contributed by atoms with E-state index in [1.807, 2.05) is 0 Å². The molecule has 0 N–H and O–H groups in total. The fraction of sp³-hybridized carbons (Fsp3) is 0.476. The first-order chi connectivity index (χ1) is 10.7. The van der Waals surface area contributed by atoms with E-state index in [1.54, 1.807) is 11.1 Å². The van der Waals surface area contributed by atoms with Crippen LogP contribution < -0.4 is 24.8 Å². The number of hydrogen-bond donors (Lipinski definition) is 0. The average molecular weight is 399 g/mol. The number of fused-ring (bicyclic) bond motifs is 2. The van der Waals surface area contributed by atoms with Crippen molar-refractivity contribution in [2.45, 2.75) is 52.4 Å². The molecule has 2 unspecified atom stereocenters. The number of rotatable bonds is 0. The van der Waals surface area contributed by atoms with E-state index < -0.39 is 0 Å². The van der Waals surface area contributed by atoms with Crippen LogP contribution in [-0.4, -0.2) is 3.81 Å². The molecule has 3 heteroatoms. The van der Waals surface area contributed by atoms with E-state index >= 15 is 0 Å². The molecule has 0 aromatic heterocycles. The second-order valence-electron chi connectivity index (χ2n) is 6.62. The standard InChI is InChI=1S/2C9H11.C3H6.2ClH.Ti/c2*1-2-5-9-7-3-6-8(9)4-1;1-3-2;;;/h2*1-2,4,6,9H,3,5,7H2;1-2H3;2*1H;/q2*-1;;;;+2/p-2. The number of halogens is 2. The zero-order valence-corrected chi connectivity index (χ0v) is 17.8. The Morgan fingerprint density at radius 2 is 1.25 bits per heavy atom. The van der Waals surface area contributed by atoms with Gasteiger partial charge in [0.05, 0.1) is 0 Å². The fourth-order valence-electron chi connectivity index (χ4n) is 3.33. The van der Waals surface area contributed by atoms with E-state index in [2.05, 4.69) is 83.1 Å². The molecule has 132 valence electrons. The molecular formula is C21H28Cl2Ti-2. The quantitative estimate of drug-likeness (QED) is 0.389. The van der Waals surface area contributed by atoms with Crippen LogP contribution >= 0.6 is 0 Å². The molecule has 0 radical (unpaired) electrons. The third-order valence-electron chi connectivity index (χ3n) is 4.42. The van der Waals surface area contributed by atoms with Gasteiger partial charge in [0.2, 0.25) is 0 Å². The first-order valence-electron chi connectivity index (χ1n) is 8.58. The maximum Gasteiger partial charge on any atom is -1.00 e. The van der Waals surface area contributed by atoms with Crippen LogP contribution in [0.4, 0.5) is 0 Å². The Balaban J connectivity index is 0.000000341. The molecule has 2 saturated carbocycles. The van der Waals surface area contributed by atoms with E-state index in [-0.39, 0.29) is 24.8 Å². The molecule has 0 amide bonds. The zero-order chi connectivity index (χ0) is 15.8. The summed E-state index contributed by atoms with van der Waals surface area (Å²) in [5.41, 5.74) is 3.16. The molecule has 2 fully saturated rings. The summed E-state index contributed by atoms with van der Waals surface area (Å²) in [5.74, 6) is 1.77. The smallest absolute Gasteiger partial charge is 1.00 e. The summed E-state index contributed by atoms with van der Waals surface area (Å²) in [5, 5.41) is 0. The van der Waals surface area contributed by atoms with E-state index in [0.29, 0.717) is 0 Å². The fourth-order valence-corrected chi connectivity index (χ4v) is 3.33. The van der Waals surface area contributed by atoms with Gasteiger partial charge in [-0.15, -0.1) is 37.1 Å². The summed E-state index contributed by atoms with van der Waals surface area (Å²) >= 11 is 2.08. The molecule has 0 aromatic carbocycles. The summed E-state index contributed by atoms with van der Waals surface area (Å²) < 4.78 is 1.42. The molecule has 0 spiro atoms. The molecular weight excluding hydrogens is 371 g/mol. The van der Waals surface area contributed by atoms with Crippen LogP contribution in [0.15, 0.2) is 47.6 Å². The normalized spacial score (nSPS) is 24.5. The van der Waals surface area contributed by atoms with Crippen molar-refractivity contribution in [1.29, 1.82) is 0 Å². The summed E-state index contributed by atoms with van der Waals surface area (Å²) in [6.07, 6.45) is 26.1. The van der Waals surface area contributed by atoms with Gasteiger partial charge in [-0.1, -0.05) is 12.8 Å². The SMILES string of the molecule is C1=CCC2CC[CH-]C2=C1.C1=CCC2CC[CH-]C2=C1.C[C](C)=[Ti+2].[Cl-].[Cl-]. The third kappa shape index (κ3) is 8.30. The van der Waals surface area contributed by atoms with Crippen LogP contribution in [0.2, 0.25) is 0 Å². The second kappa shape index (κ2) is 13.1. The van der Waals surface area contributed by atoms with Crippen LogP contribution in [0.25, 0.3) is 0 Å². The molecule has 24 heavy (non-hydrogen) atoms. The van der Waals surface area contributed by atoms with Gasteiger partial charge >= 0.3 is 37.6 Å². The van der Waals surface area contributed by atoms with Crippen LogP contribution in [0.5, 0.6) is 0 Å². The van der Waals surface area contributed by atoms with Crippen molar-refractivity contribution in [3.05, 3.63) is 60.4 Å². The minimum Gasteiger partial charge on any atom is -1.00 e. The van der Waals surface area contributed by atoms with Gasteiger partial charge in [-0.2, -0.15) is 0 Å². The van der Waals surface area contributed by atoms with Gasteiger partial charge in [-0.3, -0.25) is 0 Å². The third-order valence-corrected chi connectivity index (χ3v) is 4.42. The molecule has 0 nitrogen and oxygen atoms in total. The molecule has 2 atom stereocenters. The Morgan fingerprint density at radius 3 is 1.58 bits per heavy atom. The average Bonchev–Trinajstić information content (AvgIpc) is 3.16. The van der Waals surface area contributed by atoms with Gasteiger partial charge in [-0.05, 0) is 24.7 Å². The van der Waals surface area contributed by atoms with Gasteiger partial charge in [-0.25, -0.2) is 36.1 Å². The molecule has 0 aromatic rings. The largest absolute Gasteiger partial charge is 1.00 e. The van der Waals surface area contributed by atoms with Crippen molar-refractivity contribution in [3.8, 4) is 0 Å². The Hall–Kier alpha value is -0.136. The molecule has 0 bridgehead atoms. The van der Waals surface area contributed by atoms with Crippen molar-refractivity contribution in [3.63, 3.8) is 0 Å². The predicted molar refractivity (Wildman–Crippen MR) is 94.1 cm³/mol. The topological polar surface area (TPSA) is 0 Å². The van der Waals surface area contributed by atoms with Gasteiger partial charge in [0.15, 0.2) is 0 Å². The Kier molecular flexibility index (Phi) is 13.0. The number of allylic oxidation sites excluding steroid dienone is 8. The van der Waals surface area contributed by atoms with E-state index in [0.717, 1.165) is 11.8 Å². The van der Waals surface area contributed by atoms with Crippen LogP contribution in [0, 0.1) is 24.7 Å². The molecule has 0 saturated heterocycles. The van der Waals surface area contributed by atoms with Crippen molar-refractivity contribution in [2.75, 3.05) is 0 Å². The summed E-state index contributed by atoms with van der Waals surface area (Å²) in [6.45, 7) is 4.17. The Morgan fingerprint density at radius 1 is 0.875 bits per heavy atom. The Bertz CT molecular complexity index is 456. The first-order valence-corrected chi connectivity index (χ1v) is 9.36. The van der Waals surface area contributed by atoms with Crippen molar-refractivity contribution < 1.29 is 44.8 Å². The van der Waals surface area contributed by atoms with Crippen LogP contribution in [0.3, 0.4) is 0 Å². The maximum atomic E-state index is 2.37. The van der Waals surface area contributed by atoms with Gasteiger partial charge in [0.25, 0.3) is 0 Å². The van der Waals surface area contributed by atoms with Crippen molar-refractivity contribution in [1.82, 2.24) is 0 Å². The summed E-state index contributed by atoms with van der Waals surface area (Å²) in [4.78, 5) is 0.